The Kier molecular flexibility index (Phi) is 2.35. The summed E-state index contributed by atoms with van der Waals surface area (Å²) in [6.45, 7) is 4.39. The van der Waals surface area contributed by atoms with E-state index in [0.29, 0.717) is 5.92 Å². The Bertz CT molecular complexity index is 401. The smallest absolute Gasteiger partial charge is 0.0635 e. The van der Waals surface area contributed by atoms with Gasteiger partial charge in [0.05, 0.1) is 11.9 Å². The predicted molar refractivity (Wildman–Crippen MR) is 57.7 cm³/mol. The minimum Gasteiger partial charge on any atom is -0.319 e. The van der Waals surface area contributed by atoms with E-state index >= 15 is 0 Å². The van der Waals surface area contributed by atoms with Crippen molar-refractivity contribution in [2.24, 2.45) is 0 Å². The SMILES string of the molecule is CC(C)c1cccn1-c1cccnc1. The Morgan fingerprint density at radius 2 is 2.07 bits per heavy atom. The van der Waals surface area contributed by atoms with Gasteiger partial charge in [0.2, 0.25) is 0 Å². The first-order chi connectivity index (χ1) is 6.79. The number of nitrogens with zero attached hydrogens (tertiary/aromatic N) is 2. The third kappa shape index (κ3) is 1.55. The second kappa shape index (κ2) is 3.66. The van der Waals surface area contributed by atoms with E-state index in [9.17, 15) is 0 Å². The van der Waals surface area contributed by atoms with Gasteiger partial charge in [-0.15, -0.1) is 0 Å². The zero-order valence-electron chi connectivity index (χ0n) is 8.51. The molecule has 0 amide bonds. The van der Waals surface area contributed by atoms with Gasteiger partial charge in [0, 0.05) is 18.1 Å². The highest BCUT2D eigenvalue weighted by Gasteiger charge is 2.05. The zero-order chi connectivity index (χ0) is 9.97. The van der Waals surface area contributed by atoms with E-state index in [2.05, 4.69) is 47.8 Å². The predicted octanol–water partition coefficient (Wildman–Crippen LogP) is 3.00. The van der Waals surface area contributed by atoms with Crippen molar-refractivity contribution in [2.75, 3.05) is 0 Å². The van der Waals surface area contributed by atoms with E-state index in [1.807, 2.05) is 12.3 Å². The monoisotopic (exact) mass is 186 g/mol. The van der Waals surface area contributed by atoms with Gasteiger partial charge in [-0.2, -0.15) is 0 Å². The average molecular weight is 186 g/mol. The lowest BCUT2D eigenvalue weighted by atomic mass is 10.1. The van der Waals surface area contributed by atoms with Crippen molar-refractivity contribution in [2.45, 2.75) is 19.8 Å². The van der Waals surface area contributed by atoms with E-state index in [0.717, 1.165) is 5.69 Å². The standard InChI is InChI=1S/C12H14N2/c1-10(2)12-6-4-8-14(12)11-5-3-7-13-9-11/h3-10H,1-2H3. The molecule has 0 aliphatic carbocycles. The fourth-order valence-electron chi connectivity index (χ4n) is 1.60. The van der Waals surface area contributed by atoms with Gasteiger partial charge in [-0.3, -0.25) is 4.98 Å². The molecule has 0 atom stereocenters. The molecule has 14 heavy (non-hydrogen) atoms. The van der Waals surface area contributed by atoms with Gasteiger partial charge >= 0.3 is 0 Å². The molecule has 2 aromatic rings. The maximum atomic E-state index is 4.12. The Morgan fingerprint density at radius 3 is 2.71 bits per heavy atom. The Labute approximate surface area is 84.2 Å². The van der Waals surface area contributed by atoms with E-state index in [-0.39, 0.29) is 0 Å². The van der Waals surface area contributed by atoms with Gasteiger partial charge in [-0.1, -0.05) is 13.8 Å². The lowest BCUT2D eigenvalue weighted by molar-refractivity contribution is 0.786. The average Bonchev–Trinajstić information content (AvgIpc) is 2.67. The molecular weight excluding hydrogens is 172 g/mol. The van der Waals surface area contributed by atoms with E-state index < -0.39 is 0 Å². The molecule has 0 N–H and O–H groups in total. The second-order valence-corrected chi connectivity index (χ2v) is 3.67. The van der Waals surface area contributed by atoms with Crippen LogP contribution in [0, 0.1) is 0 Å². The molecule has 0 bridgehead atoms. The van der Waals surface area contributed by atoms with Crippen molar-refractivity contribution < 1.29 is 0 Å². The maximum Gasteiger partial charge on any atom is 0.0635 e. The zero-order valence-corrected chi connectivity index (χ0v) is 8.51. The fourth-order valence-corrected chi connectivity index (χ4v) is 1.60. The molecule has 0 spiro atoms. The summed E-state index contributed by atoms with van der Waals surface area (Å²) in [6, 6.07) is 8.25. The van der Waals surface area contributed by atoms with Crippen LogP contribution in [0.25, 0.3) is 5.69 Å². The van der Waals surface area contributed by atoms with Crippen LogP contribution < -0.4 is 0 Å². The van der Waals surface area contributed by atoms with Gasteiger partial charge in [-0.25, -0.2) is 0 Å². The fraction of sp³-hybridized carbons (Fsp3) is 0.250. The summed E-state index contributed by atoms with van der Waals surface area (Å²) in [5.41, 5.74) is 2.44. The molecule has 2 heterocycles. The molecular formula is C12H14N2. The summed E-state index contributed by atoms with van der Waals surface area (Å²) in [5.74, 6) is 0.533. The second-order valence-electron chi connectivity index (χ2n) is 3.67. The third-order valence-electron chi connectivity index (χ3n) is 2.30. The minimum atomic E-state index is 0.533. The van der Waals surface area contributed by atoms with Gasteiger partial charge in [0.25, 0.3) is 0 Å². The van der Waals surface area contributed by atoms with E-state index in [1.54, 1.807) is 6.20 Å². The van der Waals surface area contributed by atoms with Crippen LogP contribution in [0.5, 0.6) is 0 Å². The summed E-state index contributed by atoms with van der Waals surface area (Å²) >= 11 is 0. The van der Waals surface area contributed by atoms with Crippen molar-refractivity contribution >= 4 is 0 Å². The number of aromatic nitrogens is 2. The van der Waals surface area contributed by atoms with Crippen LogP contribution in [-0.2, 0) is 0 Å². The van der Waals surface area contributed by atoms with Crippen molar-refractivity contribution in [1.29, 1.82) is 0 Å². The highest BCUT2D eigenvalue weighted by Crippen LogP contribution is 2.18. The first kappa shape index (κ1) is 9.00. The number of hydrogen-bond acceptors (Lipinski definition) is 1. The first-order valence-electron chi connectivity index (χ1n) is 4.86. The summed E-state index contributed by atoms with van der Waals surface area (Å²) in [5, 5.41) is 0. The summed E-state index contributed by atoms with van der Waals surface area (Å²) in [7, 11) is 0. The molecule has 0 aliphatic rings. The number of pyridine rings is 1. The van der Waals surface area contributed by atoms with E-state index in [1.165, 1.54) is 5.69 Å². The van der Waals surface area contributed by atoms with Crippen LogP contribution in [0.3, 0.4) is 0 Å². The topological polar surface area (TPSA) is 17.8 Å². The van der Waals surface area contributed by atoms with Crippen molar-refractivity contribution in [3.63, 3.8) is 0 Å². The molecule has 2 rings (SSSR count). The molecule has 2 nitrogen and oxygen atoms in total. The van der Waals surface area contributed by atoms with Crippen molar-refractivity contribution in [3.05, 3.63) is 48.5 Å². The lowest BCUT2D eigenvalue weighted by Crippen LogP contribution is -2.00. The summed E-state index contributed by atoms with van der Waals surface area (Å²) in [4.78, 5) is 4.12. The third-order valence-corrected chi connectivity index (χ3v) is 2.30. The summed E-state index contributed by atoms with van der Waals surface area (Å²) in [6.07, 6.45) is 5.75. The molecule has 0 aromatic carbocycles. The molecule has 0 fully saturated rings. The highest BCUT2D eigenvalue weighted by molar-refractivity contribution is 5.32. The highest BCUT2D eigenvalue weighted by atomic mass is 15.0. The number of hydrogen-bond donors (Lipinski definition) is 0. The van der Waals surface area contributed by atoms with Crippen LogP contribution in [-0.4, -0.2) is 9.55 Å². The Morgan fingerprint density at radius 1 is 1.21 bits per heavy atom. The molecule has 2 heteroatoms. The maximum absolute atomic E-state index is 4.12. The lowest BCUT2D eigenvalue weighted by Gasteiger charge is -2.10. The van der Waals surface area contributed by atoms with E-state index in [4.69, 9.17) is 0 Å². The van der Waals surface area contributed by atoms with Crippen LogP contribution in [0.4, 0.5) is 0 Å². The van der Waals surface area contributed by atoms with Crippen molar-refractivity contribution in [3.8, 4) is 5.69 Å². The first-order valence-corrected chi connectivity index (χ1v) is 4.86. The van der Waals surface area contributed by atoms with Gasteiger partial charge in [0.15, 0.2) is 0 Å². The molecule has 0 aliphatic heterocycles. The van der Waals surface area contributed by atoms with Crippen LogP contribution in [0.2, 0.25) is 0 Å². The molecule has 72 valence electrons. The van der Waals surface area contributed by atoms with Crippen LogP contribution in [0.1, 0.15) is 25.5 Å². The minimum absolute atomic E-state index is 0.533. The Hall–Kier alpha value is -1.57. The molecule has 0 unspecified atom stereocenters. The molecule has 2 aromatic heterocycles. The van der Waals surface area contributed by atoms with Gasteiger partial charge in [-0.05, 0) is 30.2 Å². The molecule has 0 radical (unpaired) electrons. The quantitative estimate of drug-likeness (QED) is 0.705. The normalized spacial score (nSPS) is 10.8. The molecule has 0 saturated heterocycles. The molecule has 0 saturated carbocycles. The van der Waals surface area contributed by atoms with Gasteiger partial charge in [0.1, 0.15) is 0 Å². The van der Waals surface area contributed by atoms with Crippen LogP contribution >= 0.6 is 0 Å². The Balaban J connectivity index is 2.47. The van der Waals surface area contributed by atoms with Gasteiger partial charge < -0.3 is 4.57 Å². The van der Waals surface area contributed by atoms with Crippen LogP contribution in [0.15, 0.2) is 42.9 Å². The van der Waals surface area contributed by atoms with Crippen molar-refractivity contribution in [1.82, 2.24) is 9.55 Å². The number of rotatable bonds is 2. The largest absolute Gasteiger partial charge is 0.319 e. The summed E-state index contributed by atoms with van der Waals surface area (Å²) < 4.78 is 2.18.